The molecular formula is C52H68N6O7. The van der Waals surface area contributed by atoms with Gasteiger partial charge >= 0.3 is 12.1 Å². The van der Waals surface area contributed by atoms with Crippen LogP contribution in [-0.2, 0) is 40.5 Å². The molecule has 3 fully saturated rings. The first-order valence-corrected chi connectivity index (χ1v) is 23.5. The molecule has 0 radical (unpaired) electrons. The normalized spacial score (nSPS) is 21.0. The number of alkyl carbamates (subject to hydrolysis) is 1. The lowest BCUT2D eigenvalue weighted by Gasteiger charge is -2.34. The van der Waals surface area contributed by atoms with Gasteiger partial charge in [0.15, 0.2) is 5.78 Å². The van der Waals surface area contributed by atoms with Gasteiger partial charge in [0.25, 0.3) is 0 Å². The van der Waals surface area contributed by atoms with Crippen LogP contribution >= 0.6 is 0 Å². The third-order valence-corrected chi connectivity index (χ3v) is 14.0. The number of H-pyrrole nitrogens is 1. The largest absolute Gasteiger partial charge is 0.469 e. The van der Waals surface area contributed by atoms with E-state index in [-0.39, 0.29) is 65.8 Å². The zero-order valence-electron chi connectivity index (χ0n) is 39.7. The molecule has 3 amide bonds. The van der Waals surface area contributed by atoms with Crippen LogP contribution < -0.4 is 10.2 Å². The SMILES string of the molecule is COC(=O)C[C@H](C(=O)N1CCC[C@H]1C(=O)Cc1ccc(C2CCC(c3ccc4nc([C@@H]5CCCN5C(=O)[C@@H](NC(=O)OC)C(C)C)[nH]c4c3)N2c2ccc(C(C)(C)C)cc2)cc1)C(C)C. The molecule has 7 rings (SSSR count). The van der Waals surface area contributed by atoms with E-state index in [0.717, 1.165) is 60.2 Å². The summed E-state index contributed by atoms with van der Waals surface area (Å²) >= 11 is 0. The predicted molar refractivity (Wildman–Crippen MR) is 251 cm³/mol. The van der Waals surface area contributed by atoms with Gasteiger partial charge in [0.1, 0.15) is 11.9 Å². The van der Waals surface area contributed by atoms with E-state index >= 15 is 0 Å². The molecule has 0 bridgehead atoms. The number of likely N-dealkylation sites (tertiary alicyclic amines) is 2. The van der Waals surface area contributed by atoms with Gasteiger partial charge < -0.3 is 34.5 Å². The van der Waals surface area contributed by atoms with Crippen molar-refractivity contribution >= 4 is 46.4 Å². The molecule has 3 aromatic carbocycles. The number of amides is 3. The lowest BCUT2D eigenvalue weighted by molar-refractivity contribution is -0.149. The number of benzene rings is 3. The summed E-state index contributed by atoms with van der Waals surface area (Å²) in [6, 6.07) is 22.5. The summed E-state index contributed by atoms with van der Waals surface area (Å²) in [5, 5.41) is 2.74. The smallest absolute Gasteiger partial charge is 0.407 e. The summed E-state index contributed by atoms with van der Waals surface area (Å²) in [6.07, 6.45) is 4.44. The van der Waals surface area contributed by atoms with Crippen LogP contribution in [0.3, 0.4) is 0 Å². The zero-order chi connectivity index (χ0) is 46.7. The van der Waals surface area contributed by atoms with E-state index in [4.69, 9.17) is 14.5 Å². The minimum Gasteiger partial charge on any atom is -0.469 e. The highest BCUT2D eigenvalue weighted by Gasteiger charge is 2.41. The fraction of sp³-hybridized carbons (Fsp3) is 0.538. The Morgan fingerprint density at radius 2 is 1.40 bits per heavy atom. The number of carbonyl (C=O) groups is 5. The van der Waals surface area contributed by atoms with Gasteiger partial charge in [-0.15, -0.1) is 0 Å². The highest BCUT2D eigenvalue weighted by molar-refractivity contribution is 5.93. The van der Waals surface area contributed by atoms with Crippen LogP contribution in [0, 0.1) is 17.8 Å². The maximum atomic E-state index is 13.9. The Morgan fingerprint density at radius 3 is 2.03 bits per heavy atom. The number of aromatic nitrogens is 2. The van der Waals surface area contributed by atoms with Crippen molar-refractivity contribution in [2.45, 2.75) is 135 Å². The average Bonchev–Trinajstić information content (AvgIpc) is 4.12. The van der Waals surface area contributed by atoms with E-state index in [0.29, 0.717) is 19.5 Å². The van der Waals surface area contributed by atoms with Crippen LogP contribution in [0.1, 0.15) is 140 Å². The predicted octanol–water partition coefficient (Wildman–Crippen LogP) is 8.93. The molecular weight excluding hydrogens is 821 g/mol. The van der Waals surface area contributed by atoms with Crippen LogP contribution in [0.2, 0.25) is 0 Å². The Bertz CT molecular complexity index is 2350. The van der Waals surface area contributed by atoms with Gasteiger partial charge in [-0.3, -0.25) is 19.2 Å². The number of nitrogens with one attached hydrogen (secondary N) is 2. The highest BCUT2D eigenvalue weighted by atomic mass is 16.5. The van der Waals surface area contributed by atoms with Gasteiger partial charge in [0.05, 0.1) is 61.8 Å². The number of ketones is 1. The molecule has 65 heavy (non-hydrogen) atoms. The summed E-state index contributed by atoms with van der Waals surface area (Å²) < 4.78 is 9.70. The van der Waals surface area contributed by atoms with Crippen LogP contribution in [0.5, 0.6) is 0 Å². The minimum absolute atomic E-state index is 0.00586. The van der Waals surface area contributed by atoms with Gasteiger partial charge in [-0.05, 0) is 102 Å². The molecule has 3 aliphatic rings. The molecule has 2 unspecified atom stereocenters. The maximum absolute atomic E-state index is 13.9. The van der Waals surface area contributed by atoms with Crippen molar-refractivity contribution in [1.82, 2.24) is 25.1 Å². The van der Waals surface area contributed by atoms with Crippen LogP contribution in [0.15, 0.2) is 66.7 Å². The van der Waals surface area contributed by atoms with Crippen molar-refractivity contribution < 1.29 is 33.4 Å². The fourth-order valence-corrected chi connectivity index (χ4v) is 10.2. The average molecular weight is 889 g/mol. The van der Waals surface area contributed by atoms with Gasteiger partial charge in [-0.1, -0.05) is 90.9 Å². The Balaban J connectivity index is 1.12. The quantitative estimate of drug-likeness (QED) is 0.118. The summed E-state index contributed by atoms with van der Waals surface area (Å²) in [7, 11) is 2.63. The molecule has 0 saturated carbocycles. The van der Waals surface area contributed by atoms with E-state index in [9.17, 15) is 24.0 Å². The minimum atomic E-state index is -0.708. The van der Waals surface area contributed by atoms with E-state index in [1.807, 2.05) is 32.6 Å². The molecule has 13 heteroatoms. The number of methoxy groups -OCH3 is 2. The Hall–Kier alpha value is -5.72. The van der Waals surface area contributed by atoms with Gasteiger partial charge in [0, 0.05) is 25.2 Å². The molecule has 3 saturated heterocycles. The van der Waals surface area contributed by atoms with Crippen molar-refractivity contribution in [3.05, 3.63) is 94.8 Å². The molecule has 2 N–H and O–H groups in total. The van der Waals surface area contributed by atoms with E-state index in [1.54, 1.807) is 4.90 Å². The Morgan fingerprint density at radius 1 is 0.754 bits per heavy atom. The lowest BCUT2D eigenvalue weighted by Crippen LogP contribution is -2.51. The second-order valence-electron chi connectivity index (χ2n) is 20.0. The number of anilines is 1. The number of ether oxygens (including phenoxy) is 2. The molecule has 0 spiro atoms. The van der Waals surface area contributed by atoms with Gasteiger partial charge in [-0.25, -0.2) is 9.78 Å². The molecule has 4 aromatic rings. The molecule has 348 valence electrons. The number of rotatable bonds is 14. The monoisotopic (exact) mass is 889 g/mol. The molecule has 4 heterocycles. The summed E-state index contributed by atoms with van der Waals surface area (Å²) in [4.78, 5) is 80.4. The van der Waals surface area contributed by atoms with Gasteiger partial charge in [0.2, 0.25) is 11.8 Å². The van der Waals surface area contributed by atoms with Crippen molar-refractivity contribution in [2.75, 3.05) is 32.2 Å². The van der Waals surface area contributed by atoms with Crippen molar-refractivity contribution in [2.24, 2.45) is 17.8 Å². The molecule has 6 atom stereocenters. The number of esters is 1. The Labute approximate surface area is 384 Å². The van der Waals surface area contributed by atoms with E-state index in [2.05, 4.69) is 103 Å². The van der Waals surface area contributed by atoms with Gasteiger partial charge in [-0.2, -0.15) is 0 Å². The summed E-state index contributed by atoms with van der Waals surface area (Å²) in [5.41, 5.74) is 7.40. The van der Waals surface area contributed by atoms with Crippen molar-refractivity contribution in [3.8, 4) is 0 Å². The second kappa shape index (κ2) is 19.8. The summed E-state index contributed by atoms with van der Waals surface area (Å²) in [6.45, 7) is 15.5. The molecule has 1 aromatic heterocycles. The number of carbonyl (C=O) groups excluding carboxylic acids is 5. The first-order valence-electron chi connectivity index (χ1n) is 23.5. The number of imidazole rings is 1. The van der Waals surface area contributed by atoms with Crippen LogP contribution in [0.4, 0.5) is 10.5 Å². The summed E-state index contributed by atoms with van der Waals surface area (Å²) in [5.74, 6) is -0.656. The maximum Gasteiger partial charge on any atom is 0.407 e. The topological polar surface area (TPSA) is 154 Å². The molecule has 13 nitrogen and oxygen atoms in total. The number of fused-ring (bicyclic) bond motifs is 1. The molecule has 0 aliphatic carbocycles. The van der Waals surface area contributed by atoms with Crippen molar-refractivity contribution in [1.29, 1.82) is 0 Å². The number of Topliss-reactive ketones (excluding diaryl/α,β-unsaturated/α-hetero) is 1. The molecule has 3 aliphatic heterocycles. The third kappa shape index (κ3) is 10.2. The fourth-order valence-electron chi connectivity index (χ4n) is 10.2. The van der Waals surface area contributed by atoms with E-state index in [1.165, 1.54) is 30.9 Å². The first-order chi connectivity index (χ1) is 31.0. The highest BCUT2D eigenvalue weighted by Crippen LogP contribution is 2.48. The lowest BCUT2D eigenvalue weighted by atomic mass is 9.87. The number of aromatic amines is 1. The first kappa shape index (κ1) is 47.2. The zero-order valence-corrected chi connectivity index (χ0v) is 39.7. The van der Waals surface area contributed by atoms with E-state index < -0.39 is 30.1 Å². The number of nitrogens with zero attached hydrogens (tertiary/aromatic N) is 4. The standard InChI is InChI=1S/C52H68N6O7/c1-31(2)38(30-46(60)64-8)49(61)56-26-10-12-43(56)45(59)28-33-14-16-34(17-15-33)41-24-25-42(58(41)37-21-19-36(20-22-37)52(5,6)7)35-18-23-39-40(29-35)54-48(53-39)44-13-11-27-57(44)50(62)47(32(3)4)55-51(63)65-9/h14-23,29,31-32,38,41-44,47H,10-13,24-28,30H2,1-9H3,(H,53,54)(H,55,63)/t38-,41?,42?,43-,44-,47-/m0/s1. The number of hydrogen-bond acceptors (Lipinski definition) is 9. The second-order valence-corrected chi connectivity index (χ2v) is 20.0. The number of hydrogen-bond donors (Lipinski definition) is 2. The van der Waals surface area contributed by atoms with Crippen molar-refractivity contribution in [3.63, 3.8) is 0 Å². The van der Waals surface area contributed by atoms with Crippen LogP contribution in [-0.4, -0.2) is 88.8 Å². The van der Waals surface area contributed by atoms with Crippen LogP contribution in [0.25, 0.3) is 11.0 Å². The third-order valence-electron chi connectivity index (χ3n) is 14.0. The Kier molecular flexibility index (Phi) is 14.4.